The summed E-state index contributed by atoms with van der Waals surface area (Å²) in [5, 5.41) is 4.72. The number of aromatic nitrogens is 2. The molecule has 2 atom stereocenters. The number of hydrogen-bond donors (Lipinski definition) is 1. The normalized spacial score (nSPS) is 16.9. The zero-order valence-corrected chi connectivity index (χ0v) is 24.6. The Kier molecular flexibility index (Phi) is 7.82. The van der Waals surface area contributed by atoms with Crippen LogP contribution in [-0.4, -0.2) is 34.9 Å². The third-order valence-corrected chi connectivity index (χ3v) is 8.15. The third kappa shape index (κ3) is 4.97. The molecule has 39 heavy (non-hydrogen) atoms. The van der Waals surface area contributed by atoms with Gasteiger partial charge in [-0.1, -0.05) is 17.7 Å². The van der Waals surface area contributed by atoms with E-state index < -0.39 is 0 Å². The average Bonchev–Trinajstić information content (AvgIpc) is 3.45. The minimum Gasteiger partial charge on any atom is -0.495 e. The molecule has 8 heteroatoms. The maximum atomic E-state index is 6.56. The second kappa shape index (κ2) is 11.3. The molecule has 202 valence electrons. The van der Waals surface area contributed by atoms with Crippen molar-refractivity contribution >= 4 is 40.3 Å². The summed E-state index contributed by atoms with van der Waals surface area (Å²) in [6.07, 6.45) is 1.82. The predicted octanol–water partition coefficient (Wildman–Crippen LogP) is 7.17. The molecule has 4 aromatic rings. The number of hydrogen-bond acceptors (Lipinski definition) is 4. The van der Waals surface area contributed by atoms with Gasteiger partial charge in [0, 0.05) is 47.7 Å². The van der Waals surface area contributed by atoms with E-state index in [1.54, 1.807) is 7.11 Å². The molecule has 2 aromatic carbocycles. The summed E-state index contributed by atoms with van der Waals surface area (Å²) in [6.45, 7) is 10.7. The van der Waals surface area contributed by atoms with Gasteiger partial charge < -0.3 is 24.4 Å². The minimum absolute atomic E-state index is 0.133. The van der Waals surface area contributed by atoms with E-state index in [2.05, 4.69) is 77.7 Å². The Labute approximate surface area is 241 Å². The lowest BCUT2D eigenvalue weighted by molar-refractivity contribution is 0.415. The largest absolute Gasteiger partial charge is 0.495 e. The number of nitrogens with zero attached hydrogens (tertiary/aromatic N) is 4. The first kappa shape index (κ1) is 27.0. The van der Waals surface area contributed by atoms with E-state index in [0.717, 1.165) is 41.5 Å². The average molecular weight is 560 g/mol. The molecule has 0 aliphatic carbocycles. The summed E-state index contributed by atoms with van der Waals surface area (Å²) in [4.78, 5) is 9.20. The summed E-state index contributed by atoms with van der Waals surface area (Å²) >= 11 is 12.5. The summed E-state index contributed by atoms with van der Waals surface area (Å²) in [5.41, 5.74) is 7.68. The Hall–Kier alpha value is -3.55. The van der Waals surface area contributed by atoms with Gasteiger partial charge >= 0.3 is 0 Å². The second-order valence-electron chi connectivity index (χ2n) is 9.67. The van der Waals surface area contributed by atoms with Crippen molar-refractivity contribution in [2.45, 2.75) is 39.8 Å². The van der Waals surface area contributed by atoms with Crippen LogP contribution in [0.15, 0.2) is 72.9 Å². The SMILES string of the molecule is CCN(CC)c1ccc(-n2c(C)cc([C@H]3[C@H](c4ccccn4)NC(=S)N3c3ccc(OC)c(Cl)c3)c2C)cc1. The Balaban J connectivity index is 1.62. The van der Waals surface area contributed by atoms with Gasteiger partial charge in [-0.05, 0) is 106 Å². The van der Waals surface area contributed by atoms with Gasteiger partial charge in [-0.25, -0.2) is 0 Å². The molecule has 1 saturated heterocycles. The van der Waals surface area contributed by atoms with Crippen molar-refractivity contribution < 1.29 is 4.74 Å². The topological polar surface area (TPSA) is 45.6 Å². The Morgan fingerprint density at radius 3 is 2.33 bits per heavy atom. The highest BCUT2D eigenvalue weighted by Crippen LogP contribution is 2.45. The van der Waals surface area contributed by atoms with Crippen molar-refractivity contribution in [3.63, 3.8) is 0 Å². The molecule has 1 aliphatic rings. The Morgan fingerprint density at radius 1 is 1.00 bits per heavy atom. The van der Waals surface area contributed by atoms with Gasteiger partial charge in [0.1, 0.15) is 5.75 Å². The summed E-state index contributed by atoms with van der Waals surface area (Å²) < 4.78 is 7.72. The van der Waals surface area contributed by atoms with Gasteiger partial charge in [-0.3, -0.25) is 4.98 Å². The lowest BCUT2D eigenvalue weighted by atomic mass is 9.96. The third-order valence-electron chi connectivity index (χ3n) is 7.54. The lowest BCUT2D eigenvalue weighted by Crippen LogP contribution is -2.29. The number of nitrogens with one attached hydrogen (secondary N) is 1. The molecule has 3 heterocycles. The molecule has 1 aliphatic heterocycles. The van der Waals surface area contributed by atoms with E-state index in [0.29, 0.717) is 15.9 Å². The van der Waals surface area contributed by atoms with Gasteiger partial charge in [0.15, 0.2) is 5.11 Å². The predicted molar refractivity (Wildman–Crippen MR) is 165 cm³/mol. The van der Waals surface area contributed by atoms with E-state index in [9.17, 15) is 0 Å². The molecule has 5 rings (SSSR count). The molecule has 0 unspecified atom stereocenters. The van der Waals surface area contributed by atoms with Gasteiger partial charge in [0.25, 0.3) is 0 Å². The van der Waals surface area contributed by atoms with E-state index in [1.807, 2.05) is 42.6 Å². The summed E-state index contributed by atoms with van der Waals surface area (Å²) in [7, 11) is 1.62. The highest BCUT2D eigenvalue weighted by atomic mass is 35.5. The summed E-state index contributed by atoms with van der Waals surface area (Å²) in [5.74, 6) is 0.627. The lowest BCUT2D eigenvalue weighted by Gasteiger charge is -2.28. The van der Waals surface area contributed by atoms with Crippen LogP contribution in [0, 0.1) is 13.8 Å². The first-order valence-electron chi connectivity index (χ1n) is 13.3. The van der Waals surface area contributed by atoms with Crippen LogP contribution in [0.3, 0.4) is 0 Å². The molecule has 1 N–H and O–H groups in total. The van der Waals surface area contributed by atoms with Crippen molar-refractivity contribution in [3.05, 3.63) is 101 Å². The van der Waals surface area contributed by atoms with E-state index in [1.165, 1.54) is 11.3 Å². The van der Waals surface area contributed by atoms with Crippen LogP contribution >= 0.6 is 23.8 Å². The fraction of sp³-hybridized carbons (Fsp3) is 0.290. The van der Waals surface area contributed by atoms with Gasteiger partial charge in [0.2, 0.25) is 0 Å². The number of benzene rings is 2. The maximum Gasteiger partial charge on any atom is 0.174 e. The number of ether oxygens (including phenoxy) is 1. The molecule has 1 fully saturated rings. The number of methoxy groups -OCH3 is 1. The standard InChI is InChI=1S/C31H34ClN5OS/c1-6-35(7-2)22-11-13-23(14-12-22)36-20(3)18-25(21(36)4)30-29(27-10-8-9-17-33-27)34-31(39)37(30)24-15-16-28(38-5)26(32)19-24/h8-19,29-30H,6-7H2,1-5H3,(H,34,39)/t29-,30-/m0/s1. The van der Waals surface area contributed by atoms with Crippen LogP contribution in [0.4, 0.5) is 11.4 Å². The zero-order valence-electron chi connectivity index (χ0n) is 23.0. The number of anilines is 2. The van der Waals surface area contributed by atoms with E-state index in [-0.39, 0.29) is 12.1 Å². The highest BCUT2D eigenvalue weighted by molar-refractivity contribution is 7.80. The van der Waals surface area contributed by atoms with Crippen LogP contribution in [0.1, 0.15) is 48.6 Å². The van der Waals surface area contributed by atoms with Crippen LogP contribution in [0.5, 0.6) is 5.75 Å². The van der Waals surface area contributed by atoms with Crippen molar-refractivity contribution in [2.24, 2.45) is 0 Å². The van der Waals surface area contributed by atoms with Crippen molar-refractivity contribution in [1.29, 1.82) is 0 Å². The molecule has 0 amide bonds. The fourth-order valence-corrected chi connectivity index (χ4v) is 6.24. The molecule has 6 nitrogen and oxygen atoms in total. The maximum absolute atomic E-state index is 6.56. The molecule has 0 saturated carbocycles. The molecule has 0 radical (unpaired) electrons. The quantitative estimate of drug-likeness (QED) is 0.231. The number of rotatable bonds is 8. The van der Waals surface area contributed by atoms with Crippen LogP contribution in [0.2, 0.25) is 5.02 Å². The minimum atomic E-state index is -0.140. The first-order chi connectivity index (χ1) is 18.9. The number of aryl methyl sites for hydroxylation is 1. The van der Waals surface area contributed by atoms with Crippen LogP contribution in [0.25, 0.3) is 5.69 Å². The first-order valence-corrected chi connectivity index (χ1v) is 14.0. The van der Waals surface area contributed by atoms with Crippen LogP contribution < -0.4 is 19.9 Å². The monoisotopic (exact) mass is 559 g/mol. The summed E-state index contributed by atoms with van der Waals surface area (Å²) in [6, 6.07) is 22.6. The van der Waals surface area contributed by atoms with Gasteiger partial charge in [-0.2, -0.15) is 0 Å². The van der Waals surface area contributed by atoms with Gasteiger partial charge in [0.05, 0.1) is 29.9 Å². The smallest absolute Gasteiger partial charge is 0.174 e. The second-order valence-corrected chi connectivity index (χ2v) is 10.5. The van der Waals surface area contributed by atoms with Crippen molar-refractivity contribution in [1.82, 2.24) is 14.9 Å². The van der Waals surface area contributed by atoms with E-state index >= 15 is 0 Å². The Bertz CT molecular complexity index is 1470. The van der Waals surface area contributed by atoms with E-state index in [4.69, 9.17) is 33.5 Å². The van der Waals surface area contributed by atoms with Crippen LogP contribution in [-0.2, 0) is 0 Å². The molecular weight excluding hydrogens is 526 g/mol. The molecule has 0 bridgehead atoms. The highest BCUT2D eigenvalue weighted by Gasteiger charge is 2.42. The van der Waals surface area contributed by atoms with Gasteiger partial charge in [-0.15, -0.1) is 0 Å². The Morgan fingerprint density at radius 2 is 1.72 bits per heavy atom. The van der Waals surface area contributed by atoms with Crippen molar-refractivity contribution in [3.8, 4) is 11.4 Å². The number of halogens is 1. The number of pyridine rings is 1. The number of thiocarbonyl (C=S) groups is 1. The molecular formula is C31H34ClN5OS. The molecule has 0 spiro atoms. The fourth-order valence-electron chi connectivity index (χ4n) is 5.64. The zero-order chi connectivity index (χ0) is 27.7. The van der Waals surface area contributed by atoms with Crippen molar-refractivity contribution in [2.75, 3.05) is 30.0 Å². The molecule has 2 aromatic heterocycles.